The Hall–Kier alpha value is -3.43. The van der Waals surface area contributed by atoms with Crippen LogP contribution in [0.15, 0.2) is 30.5 Å². The minimum atomic E-state index is -0.679. The van der Waals surface area contributed by atoms with Gasteiger partial charge >= 0.3 is 5.97 Å². The molecule has 1 aliphatic rings. The summed E-state index contributed by atoms with van der Waals surface area (Å²) in [4.78, 5) is 36.4. The quantitative estimate of drug-likeness (QED) is 0.358. The Kier molecular flexibility index (Phi) is 6.10. The lowest BCUT2D eigenvalue weighted by Gasteiger charge is -2.16. The van der Waals surface area contributed by atoms with Crippen LogP contribution in [0.3, 0.4) is 0 Å². The van der Waals surface area contributed by atoms with E-state index in [2.05, 4.69) is 5.10 Å². The number of esters is 1. The number of aromatic nitrogens is 2. The van der Waals surface area contributed by atoms with Gasteiger partial charge in [0.05, 0.1) is 23.4 Å². The molecular weight excluding hydrogens is 380 g/mol. The summed E-state index contributed by atoms with van der Waals surface area (Å²) in [6, 6.07) is 5.66. The van der Waals surface area contributed by atoms with Crippen LogP contribution in [0.4, 0.5) is 5.69 Å². The first-order chi connectivity index (χ1) is 13.9. The van der Waals surface area contributed by atoms with Crippen LogP contribution < -0.4 is 4.74 Å². The number of nitrogens with zero attached hydrogens (tertiary/aromatic N) is 4. The average Bonchev–Trinajstić information content (AvgIpc) is 3.41. The fourth-order valence-corrected chi connectivity index (χ4v) is 2.70. The van der Waals surface area contributed by atoms with Crippen molar-refractivity contribution in [1.29, 1.82) is 0 Å². The second-order valence-corrected chi connectivity index (χ2v) is 6.79. The Balaban J connectivity index is 1.77. The predicted molar refractivity (Wildman–Crippen MR) is 102 cm³/mol. The van der Waals surface area contributed by atoms with Gasteiger partial charge in [-0.25, -0.2) is 9.48 Å². The van der Waals surface area contributed by atoms with E-state index >= 15 is 0 Å². The molecule has 3 rings (SSSR count). The molecule has 0 spiro atoms. The Morgan fingerprint density at radius 3 is 2.59 bits per heavy atom. The first kappa shape index (κ1) is 20.3. The minimum Gasteiger partial charge on any atom is -0.480 e. The van der Waals surface area contributed by atoms with Crippen LogP contribution in [0.1, 0.15) is 30.3 Å². The maximum Gasteiger partial charge on any atom is 0.362 e. The number of carbonyl (C=O) groups excluding carboxylic acids is 2. The van der Waals surface area contributed by atoms with Gasteiger partial charge in [0.2, 0.25) is 5.69 Å². The highest BCUT2D eigenvalue weighted by molar-refractivity contribution is 5.90. The number of hydrogen-bond acceptors (Lipinski definition) is 7. The van der Waals surface area contributed by atoms with Crippen molar-refractivity contribution >= 4 is 17.6 Å². The van der Waals surface area contributed by atoms with Crippen molar-refractivity contribution in [2.24, 2.45) is 5.92 Å². The normalized spacial score (nSPS) is 13.0. The predicted octanol–water partition coefficient (Wildman–Crippen LogP) is 2.20. The largest absolute Gasteiger partial charge is 0.480 e. The van der Waals surface area contributed by atoms with E-state index in [1.807, 2.05) is 0 Å². The molecule has 10 heteroatoms. The molecular formula is C19H22N4O6. The van der Waals surface area contributed by atoms with Gasteiger partial charge in [0.15, 0.2) is 12.4 Å². The molecule has 0 saturated heterocycles. The lowest BCUT2D eigenvalue weighted by Crippen LogP contribution is -2.33. The Morgan fingerprint density at radius 2 is 2.00 bits per heavy atom. The molecule has 1 amide bonds. The van der Waals surface area contributed by atoms with Crippen molar-refractivity contribution in [3.05, 3.63) is 46.3 Å². The Morgan fingerprint density at radius 1 is 1.31 bits per heavy atom. The monoisotopic (exact) mass is 402 g/mol. The summed E-state index contributed by atoms with van der Waals surface area (Å²) in [5.74, 6) is -0.212. The lowest BCUT2D eigenvalue weighted by atomic mass is 10.3. The zero-order chi connectivity index (χ0) is 21.0. The summed E-state index contributed by atoms with van der Waals surface area (Å²) >= 11 is 0. The molecule has 10 nitrogen and oxygen atoms in total. The third kappa shape index (κ3) is 5.09. The summed E-state index contributed by atoms with van der Waals surface area (Å²) in [6.07, 6.45) is 3.71. The number of hydrogen-bond donors (Lipinski definition) is 0. The van der Waals surface area contributed by atoms with Gasteiger partial charge in [0.1, 0.15) is 0 Å². The highest BCUT2D eigenvalue weighted by Crippen LogP contribution is 2.29. The molecule has 154 valence electrons. The topological polar surface area (TPSA) is 117 Å². The number of benzene rings is 1. The highest BCUT2D eigenvalue weighted by Gasteiger charge is 2.26. The molecule has 2 aromatic rings. The van der Waals surface area contributed by atoms with Gasteiger partial charge in [-0.3, -0.25) is 14.9 Å². The van der Waals surface area contributed by atoms with E-state index in [0.29, 0.717) is 18.2 Å². The fraction of sp³-hybridized carbons (Fsp3) is 0.421. The van der Waals surface area contributed by atoms with E-state index in [0.717, 1.165) is 12.8 Å². The van der Waals surface area contributed by atoms with Gasteiger partial charge in [-0.2, -0.15) is 5.10 Å². The van der Waals surface area contributed by atoms with E-state index in [1.54, 1.807) is 18.9 Å². The van der Waals surface area contributed by atoms with E-state index in [-0.39, 0.29) is 36.3 Å². The molecule has 0 N–H and O–H groups in total. The van der Waals surface area contributed by atoms with Crippen LogP contribution in [0, 0.1) is 16.0 Å². The summed E-state index contributed by atoms with van der Waals surface area (Å²) in [7, 11) is 1.72. The van der Waals surface area contributed by atoms with Crippen molar-refractivity contribution in [2.45, 2.75) is 19.8 Å². The van der Waals surface area contributed by atoms with Crippen molar-refractivity contribution in [2.75, 3.05) is 26.8 Å². The van der Waals surface area contributed by atoms with Crippen LogP contribution in [-0.4, -0.2) is 58.3 Å². The number of nitro benzene ring substituents is 1. The number of ether oxygens (including phenoxy) is 2. The summed E-state index contributed by atoms with van der Waals surface area (Å²) in [5, 5.41) is 15.0. The van der Waals surface area contributed by atoms with Crippen LogP contribution in [0.5, 0.6) is 5.75 Å². The Labute approximate surface area is 167 Å². The molecule has 0 bridgehead atoms. The molecule has 1 heterocycles. The third-order valence-electron chi connectivity index (χ3n) is 4.48. The van der Waals surface area contributed by atoms with Crippen LogP contribution in [0.25, 0.3) is 5.69 Å². The molecule has 1 saturated carbocycles. The van der Waals surface area contributed by atoms with Gasteiger partial charge < -0.3 is 14.4 Å². The maximum atomic E-state index is 12.3. The smallest absolute Gasteiger partial charge is 0.362 e. The number of likely N-dealkylation sites (N-methyl/N-ethyl adjacent to an activating group) is 1. The summed E-state index contributed by atoms with van der Waals surface area (Å²) in [6.45, 7) is 2.28. The van der Waals surface area contributed by atoms with Crippen molar-refractivity contribution in [3.8, 4) is 11.4 Å². The third-order valence-corrected chi connectivity index (χ3v) is 4.48. The summed E-state index contributed by atoms with van der Waals surface area (Å²) < 4.78 is 11.9. The van der Waals surface area contributed by atoms with Crippen molar-refractivity contribution in [1.82, 2.24) is 14.7 Å². The molecule has 0 unspecified atom stereocenters. The molecule has 1 aliphatic carbocycles. The zero-order valence-corrected chi connectivity index (χ0v) is 16.2. The molecule has 0 aliphatic heterocycles. The fourth-order valence-electron chi connectivity index (χ4n) is 2.70. The van der Waals surface area contributed by atoms with Crippen LogP contribution in [0.2, 0.25) is 0 Å². The van der Waals surface area contributed by atoms with Crippen LogP contribution in [-0.2, 0) is 9.53 Å². The second-order valence-electron chi connectivity index (χ2n) is 6.79. The molecule has 1 aromatic heterocycles. The van der Waals surface area contributed by atoms with Crippen LogP contribution >= 0.6 is 0 Å². The zero-order valence-electron chi connectivity index (χ0n) is 16.2. The number of non-ortho nitro benzene ring substituents is 1. The first-order valence-electron chi connectivity index (χ1n) is 9.27. The number of rotatable bonds is 9. The SMILES string of the molecule is CCOC(=O)c1nn(-c2ccc([N+](=O)[O-])cc2)cc1OCC(=O)N(C)CC1CC1. The average molecular weight is 402 g/mol. The van der Waals surface area contributed by atoms with Gasteiger partial charge in [-0.05, 0) is 37.8 Å². The van der Waals surface area contributed by atoms with E-state index in [4.69, 9.17) is 9.47 Å². The van der Waals surface area contributed by atoms with E-state index in [1.165, 1.54) is 35.1 Å². The highest BCUT2D eigenvalue weighted by atomic mass is 16.6. The minimum absolute atomic E-state index is 0.0627. The van der Waals surface area contributed by atoms with Gasteiger partial charge in [-0.1, -0.05) is 0 Å². The lowest BCUT2D eigenvalue weighted by molar-refractivity contribution is -0.384. The summed E-state index contributed by atoms with van der Waals surface area (Å²) in [5.41, 5.74) is 0.364. The molecule has 0 atom stereocenters. The Bertz CT molecular complexity index is 904. The maximum absolute atomic E-state index is 12.3. The van der Waals surface area contributed by atoms with E-state index in [9.17, 15) is 19.7 Å². The second kappa shape index (κ2) is 8.72. The number of carbonyl (C=O) groups is 2. The van der Waals surface area contributed by atoms with Crippen molar-refractivity contribution in [3.63, 3.8) is 0 Å². The van der Waals surface area contributed by atoms with Crippen molar-refractivity contribution < 1.29 is 24.0 Å². The molecule has 1 fully saturated rings. The molecule has 29 heavy (non-hydrogen) atoms. The van der Waals surface area contributed by atoms with Gasteiger partial charge in [0.25, 0.3) is 11.6 Å². The number of amides is 1. The number of nitro groups is 1. The van der Waals surface area contributed by atoms with Gasteiger partial charge in [-0.15, -0.1) is 0 Å². The van der Waals surface area contributed by atoms with Gasteiger partial charge in [0, 0.05) is 25.7 Å². The standard InChI is InChI=1S/C19H22N4O6/c1-3-28-19(25)18-16(29-12-17(24)21(2)10-13-4-5-13)11-22(20-18)14-6-8-15(9-7-14)23(26)27/h6-9,11,13H,3-5,10,12H2,1-2H3. The molecule has 0 radical (unpaired) electrons. The van der Waals surface area contributed by atoms with E-state index < -0.39 is 10.9 Å². The molecule has 1 aromatic carbocycles. The first-order valence-corrected chi connectivity index (χ1v) is 9.27.